The number of hydrogen-bond acceptors (Lipinski definition) is 3. The molecule has 0 spiro atoms. The van der Waals surface area contributed by atoms with Crippen molar-refractivity contribution in [3.05, 3.63) is 29.8 Å². The van der Waals surface area contributed by atoms with Gasteiger partial charge in [0.05, 0.1) is 0 Å². The third-order valence-electron chi connectivity index (χ3n) is 1.93. The molecule has 0 fully saturated rings. The second-order valence-electron chi connectivity index (χ2n) is 3.56. The number of rotatable bonds is 4. The molecule has 0 amide bonds. The monoisotopic (exact) mass is 231 g/mol. The Kier molecular flexibility index (Phi) is 3.44. The Hall–Kier alpha value is -1.69. The lowest BCUT2D eigenvalue weighted by Gasteiger charge is -2.19. The summed E-state index contributed by atoms with van der Waals surface area (Å²) in [5, 5.41) is 8.67. The van der Waals surface area contributed by atoms with Crippen molar-refractivity contribution in [3.63, 3.8) is 0 Å². The topological polar surface area (TPSA) is 72.5 Å². The molecular formula is C10H11F2NO3. The van der Waals surface area contributed by atoms with Gasteiger partial charge in [-0.15, -0.1) is 0 Å². The Labute approximate surface area is 90.6 Å². The highest BCUT2D eigenvalue weighted by molar-refractivity contribution is 5.78. The zero-order valence-electron chi connectivity index (χ0n) is 8.54. The average molecular weight is 231 g/mol. The molecular weight excluding hydrogens is 220 g/mol. The number of halogens is 2. The van der Waals surface area contributed by atoms with Crippen molar-refractivity contribution in [2.24, 2.45) is 5.73 Å². The fourth-order valence-electron chi connectivity index (χ4n) is 0.885. The summed E-state index contributed by atoms with van der Waals surface area (Å²) in [6.45, 7) is 0.759. The first-order valence-electron chi connectivity index (χ1n) is 4.43. The molecule has 6 heteroatoms. The van der Waals surface area contributed by atoms with Crippen LogP contribution >= 0.6 is 0 Å². The van der Waals surface area contributed by atoms with Gasteiger partial charge >= 0.3 is 5.97 Å². The van der Waals surface area contributed by atoms with E-state index in [1.165, 1.54) is 19.1 Å². The second kappa shape index (κ2) is 4.44. The molecule has 0 saturated carbocycles. The quantitative estimate of drug-likeness (QED) is 0.815. The molecule has 0 heterocycles. The van der Waals surface area contributed by atoms with Crippen molar-refractivity contribution in [1.82, 2.24) is 0 Å². The number of ether oxygens (including phenoxy) is 1. The van der Waals surface area contributed by atoms with Crippen molar-refractivity contribution in [3.8, 4) is 5.75 Å². The highest BCUT2D eigenvalue weighted by Crippen LogP contribution is 2.19. The first kappa shape index (κ1) is 12.4. The maximum absolute atomic E-state index is 13.1. The van der Waals surface area contributed by atoms with Gasteiger partial charge in [0.25, 0.3) is 0 Å². The van der Waals surface area contributed by atoms with Crippen LogP contribution in [-0.2, 0) is 4.79 Å². The van der Waals surface area contributed by atoms with Crippen LogP contribution in [0.15, 0.2) is 18.2 Å². The van der Waals surface area contributed by atoms with E-state index in [0.29, 0.717) is 0 Å². The third-order valence-corrected chi connectivity index (χ3v) is 1.93. The number of carboxylic acid groups (broad SMARTS) is 1. The Balaban J connectivity index is 2.76. The molecule has 3 N–H and O–H groups in total. The van der Waals surface area contributed by atoms with Crippen LogP contribution in [-0.4, -0.2) is 23.2 Å². The fourth-order valence-corrected chi connectivity index (χ4v) is 0.885. The Morgan fingerprint density at radius 2 is 2.19 bits per heavy atom. The smallest absolute Gasteiger partial charge is 0.326 e. The summed E-state index contributed by atoms with van der Waals surface area (Å²) in [6, 6.07) is 3.37. The minimum absolute atomic E-state index is 0.363. The SMILES string of the molecule is CC(N)(COc1cccc(F)c1F)C(=O)O. The van der Waals surface area contributed by atoms with Crippen molar-refractivity contribution in [1.29, 1.82) is 0 Å². The molecule has 0 saturated heterocycles. The molecule has 0 radical (unpaired) electrons. The van der Waals surface area contributed by atoms with E-state index in [4.69, 9.17) is 15.6 Å². The molecule has 1 unspecified atom stereocenters. The molecule has 88 valence electrons. The lowest BCUT2D eigenvalue weighted by Crippen LogP contribution is -2.50. The van der Waals surface area contributed by atoms with Gasteiger partial charge in [0.1, 0.15) is 12.1 Å². The van der Waals surface area contributed by atoms with E-state index in [0.717, 1.165) is 6.07 Å². The minimum Gasteiger partial charge on any atom is -0.488 e. The summed E-state index contributed by atoms with van der Waals surface area (Å²) < 4.78 is 30.7. The Bertz CT molecular complexity index is 407. The molecule has 0 aliphatic rings. The normalized spacial score (nSPS) is 14.2. The van der Waals surface area contributed by atoms with Crippen LogP contribution < -0.4 is 10.5 Å². The van der Waals surface area contributed by atoms with Gasteiger partial charge in [0.15, 0.2) is 11.6 Å². The number of benzene rings is 1. The molecule has 0 bridgehead atoms. The first-order valence-corrected chi connectivity index (χ1v) is 4.43. The summed E-state index contributed by atoms with van der Waals surface area (Å²) in [6.07, 6.45) is 0. The molecule has 0 aliphatic heterocycles. The summed E-state index contributed by atoms with van der Waals surface area (Å²) in [7, 11) is 0. The maximum Gasteiger partial charge on any atom is 0.326 e. The van der Waals surface area contributed by atoms with E-state index in [-0.39, 0.29) is 5.75 Å². The van der Waals surface area contributed by atoms with Gasteiger partial charge in [-0.2, -0.15) is 4.39 Å². The van der Waals surface area contributed by atoms with Crippen molar-refractivity contribution in [2.45, 2.75) is 12.5 Å². The van der Waals surface area contributed by atoms with E-state index in [2.05, 4.69) is 0 Å². The van der Waals surface area contributed by atoms with Crippen LogP contribution in [0, 0.1) is 11.6 Å². The van der Waals surface area contributed by atoms with Gasteiger partial charge in [0, 0.05) is 0 Å². The molecule has 16 heavy (non-hydrogen) atoms. The Morgan fingerprint density at radius 1 is 1.56 bits per heavy atom. The van der Waals surface area contributed by atoms with Crippen molar-refractivity contribution >= 4 is 5.97 Å². The summed E-state index contributed by atoms with van der Waals surface area (Å²) >= 11 is 0. The van der Waals surface area contributed by atoms with Crippen molar-refractivity contribution < 1.29 is 23.4 Å². The van der Waals surface area contributed by atoms with E-state index < -0.39 is 29.7 Å². The minimum atomic E-state index is -1.65. The zero-order chi connectivity index (χ0) is 12.3. The fraction of sp³-hybridized carbons (Fsp3) is 0.300. The van der Waals surface area contributed by atoms with Gasteiger partial charge in [0.2, 0.25) is 5.82 Å². The van der Waals surface area contributed by atoms with Crippen LogP contribution in [0.1, 0.15) is 6.92 Å². The Morgan fingerprint density at radius 3 is 2.75 bits per heavy atom. The predicted octanol–water partition coefficient (Wildman–Crippen LogP) is 1.15. The highest BCUT2D eigenvalue weighted by Gasteiger charge is 2.29. The van der Waals surface area contributed by atoms with E-state index >= 15 is 0 Å². The number of nitrogens with two attached hydrogens (primary N) is 1. The largest absolute Gasteiger partial charge is 0.488 e. The molecule has 1 aromatic carbocycles. The lowest BCUT2D eigenvalue weighted by atomic mass is 10.1. The van der Waals surface area contributed by atoms with Gasteiger partial charge in [-0.3, -0.25) is 4.79 Å². The number of carboxylic acids is 1. The van der Waals surface area contributed by atoms with Crippen LogP contribution in [0.5, 0.6) is 5.75 Å². The van der Waals surface area contributed by atoms with Crippen molar-refractivity contribution in [2.75, 3.05) is 6.61 Å². The zero-order valence-corrected chi connectivity index (χ0v) is 8.54. The first-order chi connectivity index (χ1) is 7.34. The molecule has 1 atom stereocenters. The third kappa shape index (κ3) is 2.66. The predicted molar refractivity (Wildman–Crippen MR) is 52.1 cm³/mol. The van der Waals surface area contributed by atoms with Gasteiger partial charge in [-0.1, -0.05) is 6.07 Å². The molecule has 1 aromatic rings. The summed E-state index contributed by atoms with van der Waals surface area (Å²) in [4.78, 5) is 10.6. The van der Waals surface area contributed by atoms with Crippen LogP contribution in [0.4, 0.5) is 8.78 Å². The maximum atomic E-state index is 13.1. The molecule has 1 rings (SSSR count). The van der Waals surface area contributed by atoms with Gasteiger partial charge in [-0.05, 0) is 19.1 Å². The summed E-state index contributed by atoms with van der Waals surface area (Å²) in [5.41, 5.74) is 3.70. The standard InChI is InChI=1S/C10H11F2NO3/c1-10(13,9(14)15)5-16-7-4-2-3-6(11)8(7)12/h2-4H,5,13H2,1H3,(H,14,15). The number of aliphatic carboxylic acids is 1. The second-order valence-corrected chi connectivity index (χ2v) is 3.56. The van der Waals surface area contributed by atoms with Crippen LogP contribution in [0.2, 0.25) is 0 Å². The lowest BCUT2D eigenvalue weighted by molar-refractivity contribution is -0.143. The molecule has 0 aromatic heterocycles. The van der Waals surface area contributed by atoms with Gasteiger partial charge < -0.3 is 15.6 Å². The number of hydrogen-bond donors (Lipinski definition) is 2. The van der Waals surface area contributed by atoms with E-state index in [1.54, 1.807) is 0 Å². The highest BCUT2D eigenvalue weighted by atomic mass is 19.2. The molecule has 0 aliphatic carbocycles. The summed E-state index contributed by atoms with van der Waals surface area (Å²) in [5.74, 6) is -3.88. The van der Waals surface area contributed by atoms with E-state index in [9.17, 15) is 13.6 Å². The molecule has 4 nitrogen and oxygen atoms in total. The van der Waals surface area contributed by atoms with E-state index in [1.807, 2.05) is 0 Å². The van der Waals surface area contributed by atoms with Gasteiger partial charge in [-0.25, -0.2) is 4.39 Å². The number of carbonyl (C=O) groups is 1. The van der Waals surface area contributed by atoms with Crippen LogP contribution in [0.25, 0.3) is 0 Å². The van der Waals surface area contributed by atoms with Crippen LogP contribution in [0.3, 0.4) is 0 Å². The average Bonchev–Trinajstić information content (AvgIpc) is 2.20.